The second-order valence-electron chi connectivity index (χ2n) is 5.78. The van der Waals surface area contributed by atoms with Crippen molar-refractivity contribution >= 4 is 29.1 Å². The first-order chi connectivity index (χ1) is 10.3. The molecule has 0 fully saturated rings. The number of amides is 2. The lowest BCUT2D eigenvalue weighted by Crippen LogP contribution is -2.53. The number of anilines is 1. The van der Waals surface area contributed by atoms with Crippen LogP contribution in [0.3, 0.4) is 0 Å². The van der Waals surface area contributed by atoms with E-state index < -0.39 is 5.60 Å². The zero-order valence-electron chi connectivity index (χ0n) is 13.1. The van der Waals surface area contributed by atoms with Crippen molar-refractivity contribution in [1.29, 1.82) is 0 Å². The van der Waals surface area contributed by atoms with Crippen LogP contribution < -0.4 is 15.0 Å². The molecule has 0 unspecified atom stereocenters. The van der Waals surface area contributed by atoms with E-state index in [4.69, 9.17) is 16.3 Å². The summed E-state index contributed by atoms with van der Waals surface area (Å²) in [4.78, 5) is 25.9. The molecule has 1 aromatic carbocycles. The lowest BCUT2D eigenvalue weighted by Gasteiger charge is -2.38. The Morgan fingerprint density at radius 1 is 1.41 bits per heavy atom. The number of halogens is 1. The van der Waals surface area contributed by atoms with Gasteiger partial charge in [-0.1, -0.05) is 18.5 Å². The van der Waals surface area contributed by atoms with E-state index in [-0.39, 0.29) is 18.2 Å². The molecule has 0 radical (unpaired) electrons. The van der Waals surface area contributed by atoms with Gasteiger partial charge in [0.2, 0.25) is 5.91 Å². The van der Waals surface area contributed by atoms with Crippen LogP contribution in [0.25, 0.3) is 0 Å². The molecule has 6 heteroatoms. The summed E-state index contributed by atoms with van der Waals surface area (Å²) in [6, 6.07) is 5.16. The molecule has 0 saturated carbocycles. The molecule has 2 rings (SSSR count). The third kappa shape index (κ3) is 3.53. The number of hydrogen-bond donors (Lipinski definition) is 1. The van der Waals surface area contributed by atoms with E-state index in [1.54, 1.807) is 36.9 Å². The van der Waals surface area contributed by atoms with Gasteiger partial charge in [0, 0.05) is 24.5 Å². The predicted octanol–water partition coefficient (Wildman–Crippen LogP) is 2.76. The van der Waals surface area contributed by atoms with E-state index in [2.05, 4.69) is 5.32 Å². The van der Waals surface area contributed by atoms with E-state index >= 15 is 0 Å². The summed E-state index contributed by atoms with van der Waals surface area (Å²) in [5, 5.41) is 3.33. The second kappa shape index (κ2) is 6.57. The Kier molecular flexibility index (Phi) is 4.96. The molecule has 22 heavy (non-hydrogen) atoms. The third-order valence-electron chi connectivity index (χ3n) is 3.47. The molecule has 1 N–H and O–H groups in total. The van der Waals surface area contributed by atoms with Crippen molar-refractivity contribution in [2.45, 2.75) is 39.2 Å². The molecule has 0 atom stereocenters. The minimum absolute atomic E-state index is 0.0671. The average Bonchev–Trinajstić information content (AvgIpc) is 2.46. The van der Waals surface area contributed by atoms with Gasteiger partial charge in [0.05, 0.1) is 5.69 Å². The maximum atomic E-state index is 12.6. The standard InChI is InChI=1S/C16H21ClN2O3/c1-4-8-18-14(20)7-9-19-12-10-11(17)5-6-13(12)22-16(2,3)15(19)21/h5-6,10H,4,7-9H2,1-3H3,(H,18,20). The van der Waals surface area contributed by atoms with Crippen LogP contribution in [-0.4, -0.2) is 30.5 Å². The van der Waals surface area contributed by atoms with Crippen LogP contribution in [0.5, 0.6) is 5.75 Å². The highest BCUT2D eigenvalue weighted by atomic mass is 35.5. The third-order valence-corrected chi connectivity index (χ3v) is 3.71. The molecule has 1 aromatic rings. The van der Waals surface area contributed by atoms with Crippen LogP contribution in [0.1, 0.15) is 33.6 Å². The summed E-state index contributed by atoms with van der Waals surface area (Å²) >= 11 is 6.02. The van der Waals surface area contributed by atoms with Gasteiger partial charge >= 0.3 is 0 Å². The number of ether oxygens (including phenoxy) is 1. The van der Waals surface area contributed by atoms with Gasteiger partial charge in [-0.2, -0.15) is 0 Å². The summed E-state index contributed by atoms with van der Waals surface area (Å²) < 4.78 is 5.74. The van der Waals surface area contributed by atoms with Gasteiger partial charge in [-0.3, -0.25) is 9.59 Å². The van der Waals surface area contributed by atoms with E-state index in [0.717, 1.165) is 6.42 Å². The number of rotatable bonds is 5. The topological polar surface area (TPSA) is 58.6 Å². The Morgan fingerprint density at radius 3 is 2.82 bits per heavy atom. The van der Waals surface area contributed by atoms with Crippen LogP contribution in [-0.2, 0) is 9.59 Å². The number of carbonyl (C=O) groups is 2. The van der Waals surface area contributed by atoms with Crippen molar-refractivity contribution in [3.63, 3.8) is 0 Å². The van der Waals surface area contributed by atoms with Crippen molar-refractivity contribution < 1.29 is 14.3 Å². The number of fused-ring (bicyclic) bond motifs is 1. The first-order valence-electron chi connectivity index (χ1n) is 7.42. The lowest BCUT2D eigenvalue weighted by atomic mass is 10.0. The van der Waals surface area contributed by atoms with Gasteiger partial charge in [0.25, 0.3) is 5.91 Å². The Bertz CT molecular complexity index is 587. The Balaban J connectivity index is 2.19. The predicted molar refractivity (Wildman–Crippen MR) is 86.4 cm³/mol. The van der Waals surface area contributed by atoms with Crippen molar-refractivity contribution in [3.8, 4) is 5.75 Å². The monoisotopic (exact) mass is 324 g/mol. The second-order valence-corrected chi connectivity index (χ2v) is 6.22. The Hall–Kier alpha value is -1.75. The summed E-state index contributed by atoms with van der Waals surface area (Å²) in [5.41, 5.74) is -0.346. The zero-order valence-corrected chi connectivity index (χ0v) is 13.9. The van der Waals surface area contributed by atoms with Crippen LogP contribution in [0.4, 0.5) is 5.69 Å². The first kappa shape index (κ1) is 16.6. The van der Waals surface area contributed by atoms with Gasteiger partial charge < -0.3 is 15.0 Å². The van der Waals surface area contributed by atoms with Crippen LogP contribution in [0.15, 0.2) is 18.2 Å². The molecule has 0 aliphatic carbocycles. The molecule has 1 aliphatic rings. The molecule has 0 bridgehead atoms. The SMILES string of the molecule is CCCNC(=O)CCN1C(=O)C(C)(C)Oc2ccc(Cl)cc21. The maximum absolute atomic E-state index is 12.6. The van der Waals surface area contributed by atoms with Gasteiger partial charge in [-0.05, 0) is 38.5 Å². The fraction of sp³-hybridized carbons (Fsp3) is 0.500. The summed E-state index contributed by atoms with van der Waals surface area (Å²) in [7, 11) is 0. The van der Waals surface area contributed by atoms with Crippen LogP contribution >= 0.6 is 11.6 Å². The fourth-order valence-electron chi connectivity index (χ4n) is 2.33. The first-order valence-corrected chi connectivity index (χ1v) is 7.80. The van der Waals surface area contributed by atoms with E-state index in [0.29, 0.717) is 29.5 Å². The minimum atomic E-state index is -0.958. The lowest BCUT2D eigenvalue weighted by molar-refractivity contribution is -0.132. The van der Waals surface area contributed by atoms with Gasteiger partial charge in [-0.25, -0.2) is 0 Å². The number of nitrogens with zero attached hydrogens (tertiary/aromatic N) is 1. The fourth-order valence-corrected chi connectivity index (χ4v) is 2.50. The van der Waals surface area contributed by atoms with Crippen LogP contribution in [0, 0.1) is 0 Å². The van der Waals surface area contributed by atoms with E-state index in [1.165, 1.54) is 0 Å². The highest BCUT2D eigenvalue weighted by Crippen LogP contribution is 2.39. The molecule has 0 spiro atoms. The normalized spacial score (nSPS) is 16.0. The molecule has 5 nitrogen and oxygen atoms in total. The zero-order chi connectivity index (χ0) is 16.3. The van der Waals surface area contributed by atoms with Gasteiger partial charge in [0.15, 0.2) is 5.60 Å². The highest BCUT2D eigenvalue weighted by molar-refractivity contribution is 6.31. The number of benzene rings is 1. The number of carbonyl (C=O) groups excluding carboxylic acids is 2. The molecule has 120 valence electrons. The highest BCUT2D eigenvalue weighted by Gasteiger charge is 2.40. The Labute approximate surface area is 135 Å². The largest absolute Gasteiger partial charge is 0.476 e. The number of hydrogen-bond acceptors (Lipinski definition) is 3. The summed E-state index contributed by atoms with van der Waals surface area (Å²) in [6.45, 7) is 6.37. The van der Waals surface area contributed by atoms with Crippen molar-refractivity contribution in [2.24, 2.45) is 0 Å². The average molecular weight is 325 g/mol. The number of nitrogens with one attached hydrogen (secondary N) is 1. The smallest absolute Gasteiger partial charge is 0.270 e. The Morgan fingerprint density at radius 2 is 2.14 bits per heavy atom. The minimum Gasteiger partial charge on any atom is -0.476 e. The quantitative estimate of drug-likeness (QED) is 0.906. The molecule has 0 saturated heterocycles. The summed E-state index contributed by atoms with van der Waals surface area (Å²) in [5.74, 6) is 0.357. The van der Waals surface area contributed by atoms with Gasteiger partial charge in [0.1, 0.15) is 5.75 Å². The van der Waals surface area contributed by atoms with Crippen molar-refractivity contribution in [3.05, 3.63) is 23.2 Å². The molecular weight excluding hydrogens is 304 g/mol. The van der Waals surface area contributed by atoms with E-state index in [1.807, 2.05) is 6.92 Å². The van der Waals surface area contributed by atoms with Crippen LogP contribution in [0.2, 0.25) is 5.02 Å². The van der Waals surface area contributed by atoms with Gasteiger partial charge in [-0.15, -0.1) is 0 Å². The maximum Gasteiger partial charge on any atom is 0.270 e. The molecule has 0 aromatic heterocycles. The molecule has 2 amide bonds. The van der Waals surface area contributed by atoms with E-state index in [9.17, 15) is 9.59 Å². The molecule has 1 heterocycles. The molecule has 1 aliphatic heterocycles. The molecular formula is C16H21ClN2O3. The van der Waals surface area contributed by atoms with Crippen molar-refractivity contribution in [2.75, 3.05) is 18.0 Å². The van der Waals surface area contributed by atoms with Crippen molar-refractivity contribution in [1.82, 2.24) is 5.32 Å². The summed E-state index contributed by atoms with van der Waals surface area (Å²) in [6.07, 6.45) is 1.13.